The molecule has 7 nitrogen and oxygen atoms in total. The number of carbonyl (C=O) groups is 4. The lowest BCUT2D eigenvalue weighted by Gasteiger charge is -2.35. The summed E-state index contributed by atoms with van der Waals surface area (Å²) >= 11 is 1.33. The van der Waals surface area contributed by atoms with Crippen LogP contribution in [0.1, 0.15) is 44.1 Å². The highest BCUT2D eigenvalue weighted by Gasteiger charge is 2.64. The zero-order valence-corrected chi connectivity index (χ0v) is 20.2. The average molecular weight is 499 g/mol. The minimum Gasteiger partial charge on any atom is -0.462 e. The number of thiophene rings is 1. The lowest BCUT2D eigenvalue weighted by atomic mass is 9.84. The second-order valence-corrected chi connectivity index (χ2v) is 9.90. The summed E-state index contributed by atoms with van der Waals surface area (Å²) in [7, 11) is 0. The first kappa shape index (κ1) is 22.4. The molecule has 2 amide bonds. The normalized spacial score (nSPS) is 23.9. The van der Waals surface area contributed by atoms with Crippen LogP contribution in [-0.4, -0.2) is 41.1 Å². The van der Waals surface area contributed by atoms with E-state index in [0.717, 1.165) is 11.1 Å². The van der Waals surface area contributed by atoms with E-state index in [-0.39, 0.29) is 18.3 Å². The number of anilines is 1. The Balaban J connectivity index is 1.42. The van der Waals surface area contributed by atoms with Crippen molar-refractivity contribution in [3.05, 3.63) is 93.8 Å². The third kappa shape index (κ3) is 3.25. The van der Waals surface area contributed by atoms with Crippen LogP contribution >= 0.6 is 11.3 Å². The third-order valence-corrected chi connectivity index (χ3v) is 8.02. The molecule has 4 atom stereocenters. The zero-order valence-electron chi connectivity index (χ0n) is 19.4. The van der Waals surface area contributed by atoms with Gasteiger partial charge in [-0.25, -0.2) is 9.69 Å². The van der Waals surface area contributed by atoms with E-state index in [1.54, 1.807) is 37.3 Å². The summed E-state index contributed by atoms with van der Waals surface area (Å²) < 4.78 is 5.03. The molecule has 2 saturated heterocycles. The minimum absolute atomic E-state index is 0.160. The Bertz CT molecular complexity index is 1410. The Morgan fingerprint density at radius 1 is 0.944 bits per heavy atom. The number of hydrogen-bond donors (Lipinski definition) is 0. The van der Waals surface area contributed by atoms with Crippen molar-refractivity contribution in [3.8, 4) is 0 Å². The molecule has 4 heterocycles. The molecule has 8 heteroatoms. The highest BCUT2D eigenvalue weighted by atomic mass is 32.1. The molecule has 0 aliphatic carbocycles. The largest absolute Gasteiger partial charge is 0.462 e. The molecular weight excluding hydrogens is 476 g/mol. The summed E-state index contributed by atoms with van der Waals surface area (Å²) in [6, 6.07) is 16.4. The van der Waals surface area contributed by atoms with E-state index in [2.05, 4.69) is 0 Å². The van der Waals surface area contributed by atoms with Gasteiger partial charge in [0.2, 0.25) is 11.8 Å². The first-order chi connectivity index (χ1) is 17.5. The molecular formula is C28H22N2O5S. The van der Waals surface area contributed by atoms with Gasteiger partial charge in [0.15, 0.2) is 5.78 Å². The van der Waals surface area contributed by atoms with Crippen LogP contribution in [0.15, 0.2) is 72.2 Å². The minimum atomic E-state index is -0.822. The van der Waals surface area contributed by atoms with E-state index in [4.69, 9.17) is 4.74 Å². The number of Topliss-reactive ketones (excluding diaryl/α,β-unsaturated/α-hetero) is 1. The van der Waals surface area contributed by atoms with Crippen molar-refractivity contribution < 1.29 is 23.9 Å². The van der Waals surface area contributed by atoms with Crippen LogP contribution in [0.3, 0.4) is 0 Å². The van der Waals surface area contributed by atoms with E-state index in [1.165, 1.54) is 16.2 Å². The molecule has 3 aliphatic heterocycles. The molecule has 0 bridgehead atoms. The van der Waals surface area contributed by atoms with Crippen LogP contribution in [-0.2, 0) is 14.3 Å². The average Bonchev–Trinajstić information content (AvgIpc) is 3.60. The van der Waals surface area contributed by atoms with E-state index in [1.807, 2.05) is 52.9 Å². The molecule has 0 saturated carbocycles. The van der Waals surface area contributed by atoms with Gasteiger partial charge in [-0.3, -0.25) is 14.4 Å². The van der Waals surface area contributed by atoms with E-state index >= 15 is 0 Å². The predicted octanol–water partition coefficient (Wildman–Crippen LogP) is 4.32. The van der Waals surface area contributed by atoms with Crippen LogP contribution in [0.25, 0.3) is 6.08 Å². The molecule has 3 aliphatic rings. The number of imide groups is 1. The molecule has 2 fully saturated rings. The van der Waals surface area contributed by atoms with Gasteiger partial charge in [-0.2, -0.15) is 0 Å². The monoisotopic (exact) mass is 498 g/mol. The summed E-state index contributed by atoms with van der Waals surface area (Å²) in [5.74, 6) is -2.89. The van der Waals surface area contributed by atoms with Gasteiger partial charge in [-0.1, -0.05) is 30.3 Å². The summed E-state index contributed by atoms with van der Waals surface area (Å²) in [5, 5.41) is 1.83. The van der Waals surface area contributed by atoms with Crippen LogP contribution in [0.4, 0.5) is 5.69 Å². The topological polar surface area (TPSA) is 84.0 Å². The molecule has 0 unspecified atom stereocenters. The number of esters is 1. The van der Waals surface area contributed by atoms with Crippen molar-refractivity contribution in [2.75, 3.05) is 11.5 Å². The molecule has 3 aromatic rings. The van der Waals surface area contributed by atoms with Gasteiger partial charge >= 0.3 is 5.97 Å². The molecule has 0 radical (unpaired) electrons. The van der Waals surface area contributed by atoms with Gasteiger partial charge in [0.1, 0.15) is 6.04 Å². The second-order valence-electron chi connectivity index (χ2n) is 8.95. The van der Waals surface area contributed by atoms with Gasteiger partial charge in [-0.05, 0) is 59.8 Å². The van der Waals surface area contributed by atoms with Crippen LogP contribution in [0.2, 0.25) is 0 Å². The van der Waals surface area contributed by atoms with Crippen molar-refractivity contribution in [2.24, 2.45) is 11.8 Å². The number of hydrogen-bond acceptors (Lipinski definition) is 7. The number of rotatable bonds is 5. The van der Waals surface area contributed by atoms with Gasteiger partial charge in [0.05, 0.1) is 40.6 Å². The molecule has 6 rings (SSSR count). The summed E-state index contributed by atoms with van der Waals surface area (Å²) in [4.78, 5) is 57.1. The highest BCUT2D eigenvalue weighted by Crippen LogP contribution is 2.53. The number of carbonyl (C=O) groups excluding carboxylic acids is 4. The van der Waals surface area contributed by atoms with Gasteiger partial charge < -0.3 is 9.64 Å². The summed E-state index contributed by atoms with van der Waals surface area (Å²) in [5.41, 5.74) is 2.61. The Labute approximate surface area is 211 Å². The van der Waals surface area contributed by atoms with Crippen molar-refractivity contribution >= 4 is 46.7 Å². The van der Waals surface area contributed by atoms with Crippen molar-refractivity contribution in [3.63, 3.8) is 0 Å². The Kier molecular flexibility index (Phi) is 5.34. The quantitative estimate of drug-likeness (QED) is 0.296. The first-order valence-corrected chi connectivity index (χ1v) is 12.7. The fourth-order valence-electron chi connectivity index (χ4n) is 5.64. The van der Waals surface area contributed by atoms with Crippen molar-refractivity contribution in [2.45, 2.75) is 19.0 Å². The van der Waals surface area contributed by atoms with Crippen molar-refractivity contribution in [1.29, 1.82) is 0 Å². The third-order valence-electron chi connectivity index (χ3n) is 7.13. The number of benzene rings is 2. The summed E-state index contributed by atoms with van der Waals surface area (Å²) in [6.45, 7) is 1.98. The maximum absolute atomic E-state index is 13.9. The first-order valence-electron chi connectivity index (χ1n) is 11.8. The fourth-order valence-corrected chi connectivity index (χ4v) is 6.33. The summed E-state index contributed by atoms with van der Waals surface area (Å²) in [6.07, 6.45) is 3.78. The van der Waals surface area contributed by atoms with E-state index < -0.39 is 35.8 Å². The fraction of sp³-hybridized carbons (Fsp3) is 0.214. The lowest BCUT2D eigenvalue weighted by Crippen LogP contribution is -2.44. The second kappa shape index (κ2) is 8.57. The highest BCUT2D eigenvalue weighted by molar-refractivity contribution is 7.12. The number of ether oxygens (including phenoxy) is 1. The number of amides is 2. The zero-order chi connectivity index (χ0) is 25.0. The smallest absolute Gasteiger partial charge is 0.338 e. The number of fused-ring (bicyclic) bond motifs is 5. The number of ketones is 1. The Morgan fingerprint density at radius 3 is 2.42 bits per heavy atom. The molecule has 2 aromatic carbocycles. The maximum atomic E-state index is 13.9. The molecule has 180 valence electrons. The van der Waals surface area contributed by atoms with Crippen molar-refractivity contribution in [1.82, 2.24) is 4.90 Å². The maximum Gasteiger partial charge on any atom is 0.338 e. The molecule has 0 spiro atoms. The lowest BCUT2D eigenvalue weighted by molar-refractivity contribution is -0.123. The number of nitrogens with zero attached hydrogens (tertiary/aromatic N) is 2. The van der Waals surface area contributed by atoms with Gasteiger partial charge in [-0.15, -0.1) is 11.3 Å². The van der Waals surface area contributed by atoms with Crippen LogP contribution in [0, 0.1) is 11.8 Å². The predicted molar refractivity (Wildman–Crippen MR) is 134 cm³/mol. The van der Waals surface area contributed by atoms with E-state index in [9.17, 15) is 19.2 Å². The van der Waals surface area contributed by atoms with Crippen LogP contribution < -0.4 is 4.90 Å². The molecule has 0 N–H and O–H groups in total. The molecule has 1 aromatic heterocycles. The van der Waals surface area contributed by atoms with Gasteiger partial charge in [0.25, 0.3) is 0 Å². The van der Waals surface area contributed by atoms with E-state index in [0.29, 0.717) is 16.1 Å². The van der Waals surface area contributed by atoms with Crippen LogP contribution in [0.5, 0.6) is 0 Å². The Morgan fingerprint density at radius 2 is 1.69 bits per heavy atom. The Hall–Kier alpha value is -4.04. The van der Waals surface area contributed by atoms with Gasteiger partial charge in [0, 0.05) is 6.20 Å². The molecule has 36 heavy (non-hydrogen) atoms. The SMILES string of the molecule is CCOC(=O)c1ccc(N2C(=O)[C@@H]3[C@H](C2=O)[C@@H]2c4ccccc4C=CN2[C@H]3C(=O)c2cccs2)cc1. The standard InChI is InChI=1S/C28H22N2O5S/c1-2-35-28(34)17-9-11-18(12-10-17)30-26(32)21-22(27(30)33)24(25(31)20-8-5-15-36-20)29-14-13-16-6-3-4-7-19(16)23(21)29/h3-15,21-24H,2H2,1H3/t21-,22+,23-,24+/m0/s1.